The van der Waals surface area contributed by atoms with Crippen LogP contribution in [0.2, 0.25) is 0 Å². The Morgan fingerprint density at radius 2 is 1.65 bits per heavy atom. The van der Waals surface area contributed by atoms with Crippen molar-refractivity contribution in [2.75, 3.05) is 11.9 Å². The van der Waals surface area contributed by atoms with Gasteiger partial charge >= 0.3 is 5.97 Å². The van der Waals surface area contributed by atoms with Gasteiger partial charge in [0.15, 0.2) is 6.61 Å². The first-order chi connectivity index (χ1) is 14.8. The molecule has 0 saturated heterocycles. The lowest BCUT2D eigenvalue weighted by atomic mass is 10.1. The zero-order chi connectivity index (χ0) is 22.5. The Labute approximate surface area is 179 Å². The number of hydrogen-bond acceptors (Lipinski definition) is 6. The molecule has 31 heavy (non-hydrogen) atoms. The molecule has 3 aromatic carbocycles. The lowest BCUT2D eigenvalue weighted by Gasteiger charge is -2.14. The molecule has 7 nitrogen and oxygen atoms in total. The highest BCUT2D eigenvalue weighted by Gasteiger charge is 2.18. The normalized spacial score (nSPS) is 10.4. The lowest BCUT2D eigenvalue weighted by Crippen LogP contribution is -2.15. The number of carbonyl (C=O) groups excluding carboxylic acids is 2. The maximum atomic E-state index is 12.6. The Morgan fingerprint density at radius 1 is 0.935 bits per heavy atom. The van der Waals surface area contributed by atoms with Crippen LogP contribution in [0.1, 0.15) is 37.4 Å². The number of ether oxygens (including phenoxy) is 1. The summed E-state index contributed by atoms with van der Waals surface area (Å²) in [7, 11) is 0. The van der Waals surface area contributed by atoms with Crippen molar-refractivity contribution in [2.45, 2.75) is 20.8 Å². The van der Waals surface area contributed by atoms with E-state index in [-0.39, 0.29) is 16.8 Å². The molecule has 7 heteroatoms. The monoisotopic (exact) mass is 418 g/mol. The summed E-state index contributed by atoms with van der Waals surface area (Å²) in [5.74, 6) is -1.18. The standard InChI is InChI=1S/C24H22N2O5/c1-15-7-6-10-20(17(15)3)25-21-9-5-4-8-19(21)24(28)31-14-23(27)18-12-11-16(2)22(13-18)26(29)30/h4-13,25H,14H2,1-3H3. The van der Waals surface area contributed by atoms with Crippen molar-refractivity contribution in [3.63, 3.8) is 0 Å². The molecule has 0 aromatic heterocycles. The summed E-state index contributed by atoms with van der Waals surface area (Å²) in [6, 6.07) is 16.9. The van der Waals surface area contributed by atoms with Crippen LogP contribution in [-0.4, -0.2) is 23.3 Å². The average molecular weight is 418 g/mol. The van der Waals surface area contributed by atoms with Gasteiger partial charge in [-0.1, -0.05) is 36.4 Å². The van der Waals surface area contributed by atoms with Crippen molar-refractivity contribution in [3.8, 4) is 0 Å². The SMILES string of the molecule is Cc1ccc(C(=O)COC(=O)c2ccccc2Nc2cccc(C)c2C)cc1[N+](=O)[O-]. The number of benzene rings is 3. The van der Waals surface area contributed by atoms with Crippen molar-refractivity contribution < 1.29 is 19.2 Å². The maximum Gasteiger partial charge on any atom is 0.340 e. The Kier molecular flexibility index (Phi) is 6.45. The summed E-state index contributed by atoms with van der Waals surface area (Å²) < 4.78 is 5.21. The first kappa shape index (κ1) is 21.7. The lowest BCUT2D eigenvalue weighted by molar-refractivity contribution is -0.385. The Morgan fingerprint density at radius 3 is 2.39 bits per heavy atom. The predicted octanol–water partition coefficient (Wildman–Crippen LogP) is 5.30. The topological polar surface area (TPSA) is 98.5 Å². The molecule has 0 saturated carbocycles. The van der Waals surface area contributed by atoms with E-state index < -0.39 is 23.3 Å². The number of esters is 1. The molecular weight excluding hydrogens is 396 g/mol. The van der Waals surface area contributed by atoms with Gasteiger partial charge in [-0.2, -0.15) is 0 Å². The number of hydrogen-bond donors (Lipinski definition) is 1. The second kappa shape index (κ2) is 9.21. The molecule has 0 aliphatic heterocycles. The summed E-state index contributed by atoms with van der Waals surface area (Å²) in [6.45, 7) is 5.06. The molecule has 3 rings (SSSR count). The van der Waals surface area contributed by atoms with E-state index in [1.54, 1.807) is 31.2 Å². The number of nitrogens with one attached hydrogen (secondary N) is 1. The van der Waals surface area contributed by atoms with E-state index in [9.17, 15) is 19.7 Å². The quantitative estimate of drug-likeness (QED) is 0.242. The number of Topliss-reactive ketones (excluding diaryl/α,β-unsaturated/α-hetero) is 1. The fourth-order valence-corrected chi connectivity index (χ4v) is 3.07. The Hall–Kier alpha value is -4.00. The summed E-state index contributed by atoms with van der Waals surface area (Å²) in [6.07, 6.45) is 0. The third-order valence-electron chi connectivity index (χ3n) is 5.08. The number of anilines is 2. The molecule has 0 radical (unpaired) electrons. The molecule has 0 aliphatic carbocycles. The second-order valence-corrected chi connectivity index (χ2v) is 7.18. The van der Waals surface area contributed by atoms with Crippen molar-refractivity contribution >= 4 is 28.8 Å². The molecule has 158 valence electrons. The third kappa shape index (κ3) is 4.95. The zero-order valence-electron chi connectivity index (χ0n) is 17.5. The first-order valence-electron chi connectivity index (χ1n) is 9.65. The average Bonchev–Trinajstić information content (AvgIpc) is 2.75. The van der Waals surface area contributed by atoms with Crippen LogP contribution in [0.15, 0.2) is 60.7 Å². The Balaban J connectivity index is 1.74. The molecule has 0 amide bonds. The van der Waals surface area contributed by atoms with E-state index in [0.717, 1.165) is 16.8 Å². The van der Waals surface area contributed by atoms with Crippen LogP contribution < -0.4 is 5.32 Å². The van der Waals surface area contributed by atoms with Gasteiger partial charge in [0.05, 0.1) is 16.2 Å². The van der Waals surface area contributed by atoms with Crippen LogP contribution in [0, 0.1) is 30.9 Å². The number of nitro benzene ring substituents is 1. The zero-order valence-corrected chi connectivity index (χ0v) is 17.5. The molecule has 3 aromatic rings. The highest BCUT2D eigenvalue weighted by Crippen LogP contribution is 2.26. The molecule has 0 aliphatic rings. The van der Waals surface area contributed by atoms with Crippen LogP contribution in [0.5, 0.6) is 0 Å². The summed E-state index contributed by atoms with van der Waals surface area (Å²) in [5.41, 5.74) is 4.29. The molecule has 0 unspecified atom stereocenters. The van der Waals surface area contributed by atoms with Crippen molar-refractivity contribution in [2.24, 2.45) is 0 Å². The van der Waals surface area contributed by atoms with E-state index in [1.165, 1.54) is 18.2 Å². The van der Waals surface area contributed by atoms with Crippen LogP contribution >= 0.6 is 0 Å². The van der Waals surface area contributed by atoms with Crippen molar-refractivity contribution in [1.29, 1.82) is 0 Å². The number of aryl methyl sites for hydroxylation is 2. The number of ketones is 1. The number of carbonyl (C=O) groups is 2. The van der Waals surface area contributed by atoms with Gasteiger partial charge in [-0.05, 0) is 50.1 Å². The highest BCUT2D eigenvalue weighted by atomic mass is 16.6. The minimum atomic E-state index is -0.664. The van der Waals surface area contributed by atoms with Gasteiger partial charge in [-0.25, -0.2) is 4.79 Å². The van der Waals surface area contributed by atoms with Gasteiger partial charge < -0.3 is 10.1 Å². The van der Waals surface area contributed by atoms with Gasteiger partial charge in [0.2, 0.25) is 5.78 Å². The molecule has 0 bridgehead atoms. The minimum absolute atomic E-state index is 0.117. The number of rotatable bonds is 7. The van der Waals surface area contributed by atoms with Gasteiger partial charge in [0.1, 0.15) is 0 Å². The summed E-state index contributed by atoms with van der Waals surface area (Å²) >= 11 is 0. The molecule has 0 atom stereocenters. The number of para-hydroxylation sites is 1. The van der Waals surface area contributed by atoms with Gasteiger partial charge in [-0.3, -0.25) is 14.9 Å². The number of nitro groups is 1. The van der Waals surface area contributed by atoms with Gasteiger partial charge in [0, 0.05) is 22.9 Å². The van der Waals surface area contributed by atoms with E-state index >= 15 is 0 Å². The summed E-state index contributed by atoms with van der Waals surface area (Å²) in [5, 5.41) is 14.3. The fraction of sp³-hybridized carbons (Fsp3) is 0.167. The maximum absolute atomic E-state index is 12.6. The first-order valence-corrected chi connectivity index (χ1v) is 9.65. The third-order valence-corrected chi connectivity index (χ3v) is 5.08. The smallest absolute Gasteiger partial charge is 0.340 e. The Bertz CT molecular complexity index is 1170. The van der Waals surface area contributed by atoms with Gasteiger partial charge in [-0.15, -0.1) is 0 Å². The predicted molar refractivity (Wildman–Crippen MR) is 118 cm³/mol. The second-order valence-electron chi connectivity index (χ2n) is 7.18. The van der Waals surface area contributed by atoms with E-state index in [0.29, 0.717) is 11.3 Å². The van der Waals surface area contributed by atoms with E-state index in [4.69, 9.17) is 4.74 Å². The van der Waals surface area contributed by atoms with Gasteiger partial charge in [0.25, 0.3) is 5.69 Å². The van der Waals surface area contributed by atoms with Crippen LogP contribution in [0.4, 0.5) is 17.1 Å². The van der Waals surface area contributed by atoms with Crippen molar-refractivity contribution in [1.82, 2.24) is 0 Å². The number of nitrogens with zero attached hydrogens (tertiary/aromatic N) is 1. The molecular formula is C24H22N2O5. The fourth-order valence-electron chi connectivity index (χ4n) is 3.07. The molecule has 0 fully saturated rings. The van der Waals surface area contributed by atoms with Crippen LogP contribution in [-0.2, 0) is 4.74 Å². The molecule has 0 spiro atoms. The van der Waals surface area contributed by atoms with E-state index in [1.807, 2.05) is 32.0 Å². The van der Waals surface area contributed by atoms with Crippen LogP contribution in [0.3, 0.4) is 0 Å². The summed E-state index contributed by atoms with van der Waals surface area (Å²) in [4.78, 5) is 35.6. The van der Waals surface area contributed by atoms with Crippen LogP contribution in [0.25, 0.3) is 0 Å². The van der Waals surface area contributed by atoms with Crippen molar-refractivity contribution in [3.05, 3.63) is 98.6 Å². The minimum Gasteiger partial charge on any atom is -0.454 e. The molecule has 0 heterocycles. The van der Waals surface area contributed by atoms with E-state index in [2.05, 4.69) is 5.32 Å². The highest BCUT2D eigenvalue weighted by molar-refractivity contribution is 6.01. The largest absolute Gasteiger partial charge is 0.454 e. The molecule has 1 N–H and O–H groups in total.